The first-order chi connectivity index (χ1) is 13.6. The van der Waals surface area contributed by atoms with Crippen LogP contribution < -0.4 is 10.6 Å². The van der Waals surface area contributed by atoms with E-state index < -0.39 is 5.60 Å². The molecule has 3 aliphatic rings. The number of aliphatic imine (C=N–C) groups is 1. The zero-order valence-corrected chi connectivity index (χ0v) is 21.8. The number of piperidine rings is 1. The Morgan fingerprint density at radius 2 is 2.03 bits per heavy atom. The molecular weight excluding hydrogens is 495 g/mol. The lowest BCUT2D eigenvalue weighted by atomic mass is 9.57. The van der Waals surface area contributed by atoms with E-state index in [1.54, 1.807) is 0 Å². The molecule has 7 nitrogen and oxygen atoms in total. The fourth-order valence-corrected chi connectivity index (χ4v) is 5.15. The molecule has 2 N–H and O–H groups in total. The summed E-state index contributed by atoms with van der Waals surface area (Å²) in [7, 11) is 1.83. The van der Waals surface area contributed by atoms with Gasteiger partial charge in [-0.3, -0.25) is 4.99 Å². The van der Waals surface area contributed by atoms with Gasteiger partial charge in [-0.15, -0.1) is 24.0 Å². The Bertz CT molecular complexity index is 620. The summed E-state index contributed by atoms with van der Waals surface area (Å²) in [5.74, 6) is 1.95. The summed E-state index contributed by atoms with van der Waals surface area (Å²) in [6.45, 7) is 13.6. The number of hydrogen-bond acceptors (Lipinski definition) is 4. The van der Waals surface area contributed by atoms with Crippen molar-refractivity contribution >= 4 is 36.0 Å². The Morgan fingerprint density at radius 1 is 1.30 bits per heavy atom. The highest BCUT2D eigenvalue weighted by atomic mass is 127. The maximum Gasteiger partial charge on any atom is 0.410 e. The van der Waals surface area contributed by atoms with Crippen LogP contribution in [0.25, 0.3) is 0 Å². The maximum atomic E-state index is 12.3. The summed E-state index contributed by atoms with van der Waals surface area (Å²) >= 11 is 0. The van der Waals surface area contributed by atoms with Crippen molar-refractivity contribution in [2.45, 2.75) is 78.0 Å². The van der Waals surface area contributed by atoms with Crippen molar-refractivity contribution in [3.05, 3.63) is 0 Å². The highest BCUT2D eigenvalue weighted by Crippen LogP contribution is 2.52. The molecule has 0 spiro atoms. The van der Waals surface area contributed by atoms with Crippen LogP contribution in [0.1, 0.15) is 60.3 Å². The summed E-state index contributed by atoms with van der Waals surface area (Å²) < 4.78 is 11.4. The molecule has 0 radical (unpaired) electrons. The molecule has 2 heterocycles. The third-order valence-corrected chi connectivity index (χ3v) is 6.63. The molecule has 8 heteroatoms. The molecule has 1 saturated carbocycles. The minimum Gasteiger partial charge on any atom is -0.444 e. The molecule has 0 aromatic heterocycles. The van der Waals surface area contributed by atoms with Gasteiger partial charge in [-0.2, -0.15) is 0 Å². The quantitative estimate of drug-likeness (QED) is 0.326. The number of hydrogen-bond donors (Lipinski definition) is 2. The van der Waals surface area contributed by atoms with Gasteiger partial charge in [0.25, 0.3) is 0 Å². The van der Waals surface area contributed by atoms with Gasteiger partial charge in [-0.05, 0) is 52.4 Å². The highest BCUT2D eigenvalue weighted by molar-refractivity contribution is 14.0. The number of carbonyl (C=O) groups is 1. The van der Waals surface area contributed by atoms with E-state index in [0.717, 1.165) is 57.9 Å². The molecule has 2 aliphatic heterocycles. The van der Waals surface area contributed by atoms with Gasteiger partial charge in [0.05, 0.1) is 6.10 Å². The second-order valence-corrected chi connectivity index (χ2v) is 10.4. The molecule has 1 aliphatic carbocycles. The first kappa shape index (κ1) is 25.5. The molecule has 2 saturated heterocycles. The van der Waals surface area contributed by atoms with Crippen LogP contribution in [0, 0.1) is 17.3 Å². The SMILES string of the molecule is CN=C(NCCC1CCCN(C(=O)OC(C)(C)C)C1)NC1C2CCOC2C1(C)C.I. The second kappa shape index (κ2) is 10.2. The number of fused-ring (bicyclic) bond motifs is 1. The summed E-state index contributed by atoms with van der Waals surface area (Å²) in [5, 5.41) is 7.11. The molecule has 0 aromatic rings. The van der Waals surface area contributed by atoms with Gasteiger partial charge in [0.1, 0.15) is 5.60 Å². The molecule has 0 bridgehead atoms. The topological polar surface area (TPSA) is 75.2 Å². The van der Waals surface area contributed by atoms with Crippen LogP contribution in [0.15, 0.2) is 4.99 Å². The van der Waals surface area contributed by atoms with E-state index in [-0.39, 0.29) is 35.5 Å². The fraction of sp³-hybridized carbons (Fsp3) is 0.909. The largest absolute Gasteiger partial charge is 0.444 e. The van der Waals surface area contributed by atoms with Crippen LogP contribution in [-0.2, 0) is 9.47 Å². The van der Waals surface area contributed by atoms with E-state index in [2.05, 4.69) is 29.5 Å². The van der Waals surface area contributed by atoms with Crippen molar-refractivity contribution < 1.29 is 14.3 Å². The van der Waals surface area contributed by atoms with Crippen molar-refractivity contribution in [3.8, 4) is 0 Å². The molecule has 0 aromatic carbocycles. The maximum absolute atomic E-state index is 12.3. The number of amides is 1. The van der Waals surface area contributed by atoms with Crippen LogP contribution in [0.3, 0.4) is 0 Å². The number of ether oxygens (including phenoxy) is 2. The summed E-state index contributed by atoms with van der Waals surface area (Å²) in [6.07, 6.45) is 4.53. The van der Waals surface area contributed by atoms with E-state index >= 15 is 0 Å². The first-order valence-electron chi connectivity index (χ1n) is 11.2. The lowest BCUT2D eigenvalue weighted by Gasteiger charge is -2.54. The standard InChI is InChI=1S/C22H40N4O3.HI/c1-21(2,3)29-20(27)26-12-7-8-15(14-26)9-11-24-19(23-6)25-17-16-10-13-28-18(16)22(17,4)5;/h15-18H,7-14H2,1-6H3,(H2,23,24,25);1H. The monoisotopic (exact) mass is 536 g/mol. The lowest BCUT2D eigenvalue weighted by Crippen LogP contribution is -2.68. The number of rotatable bonds is 4. The molecule has 4 atom stereocenters. The molecule has 4 unspecified atom stereocenters. The van der Waals surface area contributed by atoms with Gasteiger partial charge < -0.3 is 25.0 Å². The van der Waals surface area contributed by atoms with Crippen LogP contribution in [0.4, 0.5) is 4.79 Å². The van der Waals surface area contributed by atoms with Gasteiger partial charge in [0.2, 0.25) is 0 Å². The Morgan fingerprint density at radius 3 is 2.70 bits per heavy atom. The average molecular weight is 536 g/mol. The van der Waals surface area contributed by atoms with Crippen LogP contribution >= 0.6 is 24.0 Å². The van der Waals surface area contributed by atoms with Crippen LogP contribution in [0.5, 0.6) is 0 Å². The first-order valence-corrected chi connectivity index (χ1v) is 11.2. The van der Waals surface area contributed by atoms with Gasteiger partial charge >= 0.3 is 6.09 Å². The third-order valence-electron chi connectivity index (χ3n) is 6.63. The zero-order chi connectivity index (χ0) is 21.2. The van der Waals surface area contributed by atoms with Crippen molar-refractivity contribution in [2.75, 3.05) is 33.3 Å². The van der Waals surface area contributed by atoms with Crippen molar-refractivity contribution in [2.24, 2.45) is 22.2 Å². The number of nitrogens with one attached hydrogen (secondary N) is 2. The average Bonchev–Trinajstić information content (AvgIpc) is 3.10. The van der Waals surface area contributed by atoms with E-state index in [1.165, 1.54) is 0 Å². The molecule has 1 amide bonds. The van der Waals surface area contributed by atoms with Crippen LogP contribution in [0.2, 0.25) is 0 Å². The smallest absolute Gasteiger partial charge is 0.410 e. The molecule has 3 rings (SSSR count). The normalized spacial score (nSPS) is 30.6. The predicted molar refractivity (Wildman–Crippen MR) is 130 cm³/mol. The van der Waals surface area contributed by atoms with Crippen molar-refractivity contribution in [1.29, 1.82) is 0 Å². The van der Waals surface area contributed by atoms with Gasteiger partial charge in [-0.1, -0.05) is 13.8 Å². The van der Waals surface area contributed by atoms with Crippen molar-refractivity contribution in [3.63, 3.8) is 0 Å². The second-order valence-electron chi connectivity index (χ2n) is 10.4. The summed E-state index contributed by atoms with van der Waals surface area (Å²) in [5.41, 5.74) is -0.307. The minimum atomic E-state index is -0.442. The molecule has 174 valence electrons. The molecule has 3 fully saturated rings. The van der Waals surface area contributed by atoms with E-state index in [9.17, 15) is 4.79 Å². The number of carbonyl (C=O) groups excluding carboxylic acids is 1. The van der Waals surface area contributed by atoms with Gasteiger partial charge in [-0.25, -0.2) is 4.79 Å². The van der Waals surface area contributed by atoms with Crippen LogP contribution in [-0.4, -0.2) is 68.0 Å². The predicted octanol–water partition coefficient (Wildman–Crippen LogP) is 3.62. The summed E-state index contributed by atoms with van der Waals surface area (Å²) in [6, 6.07) is 0.401. The number of likely N-dealkylation sites (tertiary alicyclic amines) is 1. The van der Waals surface area contributed by atoms with E-state index in [0.29, 0.717) is 24.0 Å². The molecule has 30 heavy (non-hydrogen) atoms. The van der Waals surface area contributed by atoms with Crippen molar-refractivity contribution in [1.82, 2.24) is 15.5 Å². The molecular formula is C22H41IN4O3. The van der Waals surface area contributed by atoms with Gasteiger partial charge in [0.15, 0.2) is 5.96 Å². The zero-order valence-electron chi connectivity index (χ0n) is 19.5. The number of halogens is 1. The van der Waals surface area contributed by atoms with E-state index in [4.69, 9.17) is 9.47 Å². The highest BCUT2D eigenvalue weighted by Gasteiger charge is 2.59. The Labute approximate surface area is 199 Å². The Hall–Kier alpha value is -0.770. The fourth-order valence-electron chi connectivity index (χ4n) is 5.15. The minimum absolute atomic E-state index is 0. The Kier molecular flexibility index (Phi) is 8.69. The van der Waals surface area contributed by atoms with Gasteiger partial charge in [0, 0.05) is 50.7 Å². The lowest BCUT2D eigenvalue weighted by molar-refractivity contribution is -0.106. The van der Waals surface area contributed by atoms with E-state index in [1.807, 2.05) is 32.7 Å². The Balaban J connectivity index is 0.00000320. The third kappa shape index (κ3) is 5.93. The number of guanidine groups is 1. The summed E-state index contributed by atoms with van der Waals surface area (Å²) in [4.78, 5) is 18.6. The number of nitrogens with zero attached hydrogens (tertiary/aromatic N) is 2.